The zero-order valence-electron chi connectivity index (χ0n) is 13.7. The van der Waals surface area contributed by atoms with Crippen LogP contribution >= 0.6 is 0 Å². The number of nitrogens with one attached hydrogen (secondary N) is 2. The summed E-state index contributed by atoms with van der Waals surface area (Å²) >= 11 is 0. The number of methoxy groups -OCH3 is 1. The van der Waals surface area contributed by atoms with Gasteiger partial charge in [0.15, 0.2) is 0 Å². The van der Waals surface area contributed by atoms with Crippen LogP contribution in [0.1, 0.15) is 11.1 Å². The summed E-state index contributed by atoms with van der Waals surface area (Å²) in [6.07, 6.45) is 0. The predicted molar refractivity (Wildman–Crippen MR) is 89.9 cm³/mol. The lowest BCUT2D eigenvalue weighted by Gasteiger charge is -2.30. The van der Waals surface area contributed by atoms with Crippen molar-refractivity contribution in [3.8, 4) is 11.5 Å². The van der Waals surface area contributed by atoms with E-state index in [2.05, 4.69) is 30.3 Å². The molecule has 0 bridgehead atoms. The van der Waals surface area contributed by atoms with Crippen molar-refractivity contribution in [2.24, 2.45) is 0 Å². The van der Waals surface area contributed by atoms with Gasteiger partial charge in [-0.1, -0.05) is 30.3 Å². The van der Waals surface area contributed by atoms with E-state index in [1.165, 1.54) is 18.7 Å². The standard InChI is InChI=1S/C19H24N2O2/c1-23-18-8-7-17(19(22)13-18)15-21-11-9-20(10-12-21)14-16-5-3-2-4-6-16/h2-8,13,22H,9-12,14-15H2,1H3/p+2. The first-order valence-electron chi connectivity index (χ1n) is 8.31. The Hall–Kier alpha value is -2.04. The molecule has 1 aliphatic rings. The lowest BCUT2D eigenvalue weighted by atomic mass is 10.1. The Kier molecular flexibility index (Phi) is 5.16. The van der Waals surface area contributed by atoms with Crippen molar-refractivity contribution < 1.29 is 19.6 Å². The quantitative estimate of drug-likeness (QED) is 0.720. The summed E-state index contributed by atoms with van der Waals surface area (Å²) in [7, 11) is 1.62. The molecule has 1 fully saturated rings. The molecule has 0 amide bonds. The van der Waals surface area contributed by atoms with Gasteiger partial charge in [0.25, 0.3) is 0 Å². The Morgan fingerprint density at radius 1 is 0.913 bits per heavy atom. The van der Waals surface area contributed by atoms with Gasteiger partial charge < -0.3 is 19.6 Å². The average molecular weight is 314 g/mol. The monoisotopic (exact) mass is 314 g/mol. The summed E-state index contributed by atoms with van der Waals surface area (Å²) < 4.78 is 5.14. The van der Waals surface area contributed by atoms with Crippen molar-refractivity contribution in [1.29, 1.82) is 0 Å². The van der Waals surface area contributed by atoms with Crippen molar-refractivity contribution in [3.63, 3.8) is 0 Å². The average Bonchev–Trinajstić information content (AvgIpc) is 2.59. The molecule has 0 aliphatic carbocycles. The van der Waals surface area contributed by atoms with Crippen LogP contribution in [0.5, 0.6) is 11.5 Å². The van der Waals surface area contributed by atoms with Gasteiger partial charge in [0.05, 0.1) is 7.11 Å². The fourth-order valence-corrected chi connectivity index (χ4v) is 3.28. The van der Waals surface area contributed by atoms with E-state index in [0.29, 0.717) is 11.5 Å². The van der Waals surface area contributed by atoms with Gasteiger partial charge in [-0.25, -0.2) is 0 Å². The Labute approximate surface area is 137 Å². The Morgan fingerprint density at radius 3 is 2.17 bits per heavy atom. The number of ether oxygens (including phenoxy) is 1. The third-order valence-electron chi connectivity index (χ3n) is 4.69. The maximum atomic E-state index is 10.1. The van der Waals surface area contributed by atoms with Crippen LogP contribution < -0.4 is 14.5 Å². The minimum atomic E-state index is 0.343. The molecule has 0 unspecified atom stereocenters. The smallest absolute Gasteiger partial charge is 0.128 e. The van der Waals surface area contributed by atoms with E-state index in [0.717, 1.165) is 31.7 Å². The van der Waals surface area contributed by atoms with E-state index in [4.69, 9.17) is 4.74 Å². The van der Waals surface area contributed by atoms with Gasteiger partial charge in [-0.15, -0.1) is 0 Å². The first kappa shape index (κ1) is 15.8. The zero-order valence-corrected chi connectivity index (χ0v) is 13.7. The molecular weight excluding hydrogens is 288 g/mol. The second-order valence-corrected chi connectivity index (χ2v) is 6.33. The Bertz CT molecular complexity index is 623. The van der Waals surface area contributed by atoms with Crippen molar-refractivity contribution >= 4 is 0 Å². The highest BCUT2D eigenvalue weighted by Crippen LogP contribution is 2.22. The van der Waals surface area contributed by atoms with Crippen LogP contribution in [0.2, 0.25) is 0 Å². The summed E-state index contributed by atoms with van der Waals surface area (Å²) in [5, 5.41) is 10.1. The molecule has 0 radical (unpaired) electrons. The van der Waals surface area contributed by atoms with Gasteiger partial charge in [0.1, 0.15) is 50.8 Å². The second kappa shape index (κ2) is 7.49. The molecule has 23 heavy (non-hydrogen) atoms. The summed E-state index contributed by atoms with van der Waals surface area (Å²) in [4.78, 5) is 3.20. The molecule has 1 saturated heterocycles. The molecule has 0 atom stereocenters. The highest BCUT2D eigenvalue weighted by atomic mass is 16.5. The molecule has 122 valence electrons. The maximum Gasteiger partial charge on any atom is 0.128 e. The minimum absolute atomic E-state index is 0.343. The predicted octanol–water partition coefficient (Wildman–Crippen LogP) is -0.116. The third kappa shape index (κ3) is 4.24. The molecule has 1 heterocycles. The highest BCUT2D eigenvalue weighted by molar-refractivity contribution is 5.39. The van der Waals surface area contributed by atoms with Crippen molar-refractivity contribution in [2.45, 2.75) is 13.1 Å². The molecule has 1 aliphatic heterocycles. The van der Waals surface area contributed by atoms with E-state index in [9.17, 15) is 5.11 Å². The summed E-state index contributed by atoms with van der Waals surface area (Å²) in [5.74, 6) is 1.05. The molecule has 0 aromatic heterocycles. The van der Waals surface area contributed by atoms with Gasteiger partial charge in [0.2, 0.25) is 0 Å². The fraction of sp³-hybridized carbons (Fsp3) is 0.368. The molecule has 3 rings (SSSR count). The van der Waals surface area contributed by atoms with Gasteiger partial charge in [-0.3, -0.25) is 0 Å². The Morgan fingerprint density at radius 2 is 1.57 bits per heavy atom. The Balaban J connectivity index is 1.51. The zero-order chi connectivity index (χ0) is 16.1. The molecule has 0 spiro atoms. The van der Waals surface area contributed by atoms with Crippen LogP contribution in [-0.4, -0.2) is 38.4 Å². The second-order valence-electron chi connectivity index (χ2n) is 6.33. The van der Waals surface area contributed by atoms with E-state index >= 15 is 0 Å². The first-order chi connectivity index (χ1) is 11.2. The highest BCUT2D eigenvalue weighted by Gasteiger charge is 2.23. The largest absolute Gasteiger partial charge is 0.507 e. The van der Waals surface area contributed by atoms with Crippen LogP contribution in [0, 0.1) is 0 Å². The molecule has 2 aromatic carbocycles. The molecule has 2 aromatic rings. The number of hydrogen-bond acceptors (Lipinski definition) is 2. The number of hydrogen-bond donors (Lipinski definition) is 3. The van der Waals surface area contributed by atoms with Crippen molar-refractivity contribution in [1.82, 2.24) is 0 Å². The summed E-state index contributed by atoms with van der Waals surface area (Å²) in [6.45, 7) is 6.65. The number of piperazine rings is 1. The molecule has 0 saturated carbocycles. The number of phenols is 1. The number of benzene rings is 2. The minimum Gasteiger partial charge on any atom is -0.507 e. The van der Waals surface area contributed by atoms with Crippen LogP contribution in [0.3, 0.4) is 0 Å². The van der Waals surface area contributed by atoms with E-state index < -0.39 is 0 Å². The fourth-order valence-electron chi connectivity index (χ4n) is 3.28. The van der Waals surface area contributed by atoms with Gasteiger partial charge >= 0.3 is 0 Å². The van der Waals surface area contributed by atoms with E-state index in [-0.39, 0.29) is 0 Å². The SMILES string of the molecule is COc1ccc(C[NH+]2CC[NH+](Cc3ccccc3)CC2)c(O)c1. The molecule has 4 nitrogen and oxygen atoms in total. The lowest BCUT2D eigenvalue weighted by molar-refractivity contribution is -1.02. The van der Waals surface area contributed by atoms with Gasteiger partial charge in [0, 0.05) is 17.2 Å². The lowest BCUT2D eigenvalue weighted by Crippen LogP contribution is -3.27. The molecule has 3 N–H and O–H groups in total. The van der Waals surface area contributed by atoms with Gasteiger partial charge in [-0.05, 0) is 12.1 Å². The molecule has 4 heteroatoms. The normalized spacial score (nSPS) is 21.1. The molecular formula is C19H26N2O2+2. The van der Waals surface area contributed by atoms with E-state index in [1.54, 1.807) is 23.0 Å². The maximum absolute atomic E-state index is 10.1. The number of quaternary nitrogens is 2. The number of phenolic OH excluding ortho intramolecular Hbond substituents is 1. The van der Waals surface area contributed by atoms with Crippen molar-refractivity contribution in [3.05, 3.63) is 59.7 Å². The summed E-state index contributed by atoms with van der Waals surface area (Å²) in [6, 6.07) is 16.3. The topological polar surface area (TPSA) is 38.3 Å². The van der Waals surface area contributed by atoms with Crippen LogP contribution in [-0.2, 0) is 13.1 Å². The summed E-state index contributed by atoms with van der Waals surface area (Å²) in [5.41, 5.74) is 2.42. The van der Waals surface area contributed by atoms with Crippen LogP contribution in [0.25, 0.3) is 0 Å². The van der Waals surface area contributed by atoms with Crippen LogP contribution in [0.4, 0.5) is 0 Å². The number of rotatable bonds is 5. The van der Waals surface area contributed by atoms with E-state index in [1.807, 2.05) is 12.1 Å². The van der Waals surface area contributed by atoms with Crippen LogP contribution in [0.15, 0.2) is 48.5 Å². The third-order valence-corrected chi connectivity index (χ3v) is 4.69. The first-order valence-corrected chi connectivity index (χ1v) is 8.31. The number of aromatic hydroxyl groups is 1. The van der Waals surface area contributed by atoms with Crippen molar-refractivity contribution in [2.75, 3.05) is 33.3 Å². The van der Waals surface area contributed by atoms with Gasteiger partial charge in [-0.2, -0.15) is 0 Å².